The number of unbranched alkanes of at least 4 members (excludes halogenated alkanes) is 6. The van der Waals surface area contributed by atoms with Crippen molar-refractivity contribution in [3.8, 4) is 0 Å². The molecular formula is C21H48O6Si2. The largest absolute Gasteiger partial charge is 0.500 e. The molecule has 0 bridgehead atoms. The van der Waals surface area contributed by atoms with Crippen LogP contribution in [0.2, 0.25) is 12.1 Å². The Morgan fingerprint density at radius 1 is 0.448 bits per heavy atom. The Bertz CT molecular complexity index is 321. The van der Waals surface area contributed by atoms with Crippen LogP contribution in [-0.2, 0) is 26.6 Å². The summed E-state index contributed by atoms with van der Waals surface area (Å²) in [7, 11) is -0.0112. The van der Waals surface area contributed by atoms with Crippen molar-refractivity contribution in [3.05, 3.63) is 0 Å². The summed E-state index contributed by atoms with van der Waals surface area (Å²) in [5.74, 6) is 0. The van der Waals surface area contributed by atoms with Crippen molar-refractivity contribution < 1.29 is 26.6 Å². The highest BCUT2D eigenvalue weighted by Gasteiger charge is 2.40. The zero-order valence-corrected chi connectivity index (χ0v) is 22.1. The van der Waals surface area contributed by atoms with E-state index in [1.54, 1.807) is 21.3 Å². The normalized spacial score (nSPS) is 12.6. The van der Waals surface area contributed by atoms with Crippen molar-refractivity contribution in [1.29, 1.82) is 0 Å². The fourth-order valence-corrected chi connectivity index (χ4v) is 7.58. The molecule has 0 amide bonds. The summed E-state index contributed by atoms with van der Waals surface area (Å²) in [6, 6.07) is 1.76. The Morgan fingerprint density at radius 3 is 1.10 bits per heavy atom. The Labute approximate surface area is 182 Å². The second-order valence-electron chi connectivity index (χ2n) is 7.50. The third-order valence-electron chi connectivity index (χ3n) is 5.11. The maximum atomic E-state index is 6.32. The fourth-order valence-electron chi connectivity index (χ4n) is 3.05. The molecule has 0 unspecified atom stereocenters. The van der Waals surface area contributed by atoms with E-state index in [1.807, 2.05) is 0 Å². The van der Waals surface area contributed by atoms with Crippen LogP contribution >= 0.6 is 0 Å². The zero-order chi connectivity index (χ0) is 21.8. The second-order valence-corrected chi connectivity index (χ2v) is 13.3. The van der Waals surface area contributed by atoms with Crippen molar-refractivity contribution in [1.82, 2.24) is 0 Å². The molecule has 0 aliphatic heterocycles. The third-order valence-corrected chi connectivity index (χ3v) is 10.8. The summed E-state index contributed by atoms with van der Waals surface area (Å²) < 4.78 is 35.5. The van der Waals surface area contributed by atoms with Crippen LogP contribution in [0.3, 0.4) is 0 Å². The predicted molar refractivity (Wildman–Crippen MR) is 123 cm³/mol. The quantitative estimate of drug-likeness (QED) is 0.152. The Balaban J connectivity index is 4.60. The molecule has 0 saturated heterocycles. The van der Waals surface area contributed by atoms with Gasteiger partial charge in [0.15, 0.2) is 0 Å². The maximum absolute atomic E-state index is 6.32. The molecule has 0 saturated carbocycles. The van der Waals surface area contributed by atoms with Crippen molar-refractivity contribution in [2.24, 2.45) is 0 Å². The molecule has 176 valence electrons. The first kappa shape index (κ1) is 29.2. The minimum Gasteiger partial charge on any atom is -0.377 e. The highest BCUT2D eigenvalue weighted by Crippen LogP contribution is 2.23. The lowest BCUT2D eigenvalue weighted by molar-refractivity contribution is 0.0556. The van der Waals surface area contributed by atoms with Gasteiger partial charge in [-0.3, -0.25) is 0 Å². The number of rotatable bonds is 22. The van der Waals surface area contributed by atoms with Crippen LogP contribution in [0, 0.1) is 0 Å². The maximum Gasteiger partial charge on any atom is 0.500 e. The minimum atomic E-state index is -2.59. The first-order valence-electron chi connectivity index (χ1n) is 11.6. The number of hydrogen-bond donors (Lipinski definition) is 0. The minimum absolute atomic E-state index is 0.741. The monoisotopic (exact) mass is 452 g/mol. The Kier molecular flexibility index (Phi) is 19.0. The predicted octanol–water partition coefficient (Wildman–Crippen LogP) is 5.81. The van der Waals surface area contributed by atoms with Crippen molar-refractivity contribution in [3.63, 3.8) is 0 Å². The molecule has 0 aliphatic carbocycles. The van der Waals surface area contributed by atoms with Gasteiger partial charge >= 0.3 is 17.6 Å². The lowest BCUT2D eigenvalue weighted by Crippen LogP contribution is -2.46. The Hall–Kier alpha value is 0.194. The van der Waals surface area contributed by atoms with Crippen LogP contribution in [0.4, 0.5) is 0 Å². The van der Waals surface area contributed by atoms with Gasteiger partial charge in [0.1, 0.15) is 0 Å². The molecule has 0 aromatic carbocycles. The van der Waals surface area contributed by atoms with Gasteiger partial charge in [0, 0.05) is 53.2 Å². The summed E-state index contributed by atoms with van der Waals surface area (Å²) in [4.78, 5) is 0. The summed E-state index contributed by atoms with van der Waals surface area (Å²) >= 11 is 0. The van der Waals surface area contributed by atoms with Gasteiger partial charge in [0.25, 0.3) is 0 Å². The van der Waals surface area contributed by atoms with Gasteiger partial charge in [0.05, 0.1) is 0 Å². The van der Waals surface area contributed by atoms with Crippen LogP contribution < -0.4 is 0 Å². The lowest BCUT2D eigenvalue weighted by atomic mass is 10.2. The summed E-state index contributed by atoms with van der Waals surface area (Å²) in [6.45, 7) is 8.78. The fraction of sp³-hybridized carbons (Fsp3) is 1.00. The van der Waals surface area contributed by atoms with E-state index in [1.165, 1.54) is 0 Å². The van der Waals surface area contributed by atoms with E-state index in [-0.39, 0.29) is 0 Å². The van der Waals surface area contributed by atoms with Crippen LogP contribution in [0.15, 0.2) is 0 Å². The van der Waals surface area contributed by atoms with E-state index < -0.39 is 17.6 Å². The average molecular weight is 453 g/mol. The zero-order valence-electron chi connectivity index (χ0n) is 20.1. The lowest BCUT2D eigenvalue weighted by Gasteiger charge is -2.30. The van der Waals surface area contributed by atoms with Gasteiger partial charge in [-0.25, -0.2) is 0 Å². The van der Waals surface area contributed by atoms with Crippen molar-refractivity contribution in [2.75, 3.05) is 41.2 Å². The molecule has 0 fully saturated rings. The van der Waals surface area contributed by atoms with Crippen molar-refractivity contribution in [2.45, 2.75) is 97.1 Å². The SMILES string of the molecule is CCCCO[Si](CCCCCC[Si](OC)(OC)OC)(OCCCC)OCCCC. The molecule has 0 spiro atoms. The molecule has 0 N–H and O–H groups in total. The third kappa shape index (κ3) is 13.3. The van der Waals surface area contributed by atoms with Crippen LogP contribution in [0.1, 0.15) is 85.0 Å². The standard InChI is InChI=1S/C21H48O6Si2/c1-7-10-17-25-29(26-18-11-8-2,27-19-12-9-3)21-16-14-13-15-20-28(22-4,23-5)24-6/h7-21H2,1-6H3. The number of hydrogen-bond acceptors (Lipinski definition) is 6. The molecule has 0 aromatic rings. The van der Waals surface area contributed by atoms with Crippen LogP contribution in [-0.4, -0.2) is 58.8 Å². The summed E-state index contributed by atoms with van der Waals surface area (Å²) in [5.41, 5.74) is 0. The van der Waals surface area contributed by atoms with Gasteiger partial charge in [-0.2, -0.15) is 0 Å². The van der Waals surface area contributed by atoms with Gasteiger partial charge in [0.2, 0.25) is 0 Å². The molecule has 0 aliphatic rings. The van der Waals surface area contributed by atoms with Gasteiger partial charge in [-0.05, 0) is 32.1 Å². The molecule has 29 heavy (non-hydrogen) atoms. The van der Waals surface area contributed by atoms with Gasteiger partial charge in [-0.1, -0.05) is 52.9 Å². The topological polar surface area (TPSA) is 55.4 Å². The molecule has 0 atom stereocenters. The second kappa shape index (κ2) is 18.9. The Morgan fingerprint density at radius 2 is 0.793 bits per heavy atom. The highest BCUT2D eigenvalue weighted by molar-refractivity contribution is 6.61. The molecule has 0 aromatic heterocycles. The smallest absolute Gasteiger partial charge is 0.377 e. The molecule has 0 heterocycles. The average Bonchev–Trinajstić information content (AvgIpc) is 2.74. The summed E-state index contributed by atoms with van der Waals surface area (Å²) in [5, 5.41) is 0. The first-order valence-corrected chi connectivity index (χ1v) is 15.5. The van der Waals surface area contributed by atoms with E-state index in [4.69, 9.17) is 26.6 Å². The van der Waals surface area contributed by atoms with E-state index in [0.717, 1.165) is 96.1 Å². The van der Waals surface area contributed by atoms with E-state index in [2.05, 4.69) is 20.8 Å². The van der Waals surface area contributed by atoms with Gasteiger partial charge in [-0.15, -0.1) is 0 Å². The van der Waals surface area contributed by atoms with Crippen LogP contribution in [0.25, 0.3) is 0 Å². The van der Waals surface area contributed by atoms with E-state index in [0.29, 0.717) is 0 Å². The van der Waals surface area contributed by atoms with Crippen molar-refractivity contribution >= 4 is 17.6 Å². The highest BCUT2D eigenvalue weighted by atomic mass is 28.4. The molecule has 8 heteroatoms. The van der Waals surface area contributed by atoms with Gasteiger partial charge < -0.3 is 26.6 Å². The molecule has 0 radical (unpaired) electrons. The molecule has 6 nitrogen and oxygen atoms in total. The summed E-state index contributed by atoms with van der Waals surface area (Å²) in [6.07, 6.45) is 10.9. The van der Waals surface area contributed by atoms with E-state index >= 15 is 0 Å². The van der Waals surface area contributed by atoms with E-state index in [9.17, 15) is 0 Å². The van der Waals surface area contributed by atoms with Crippen LogP contribution in [0.5, 0.6) is 0 Å². The molecule has 0 rings (SSSR count). The first-order chi connectivity index (χ1) is 14.1. The molecular weight excluding hydrogens is 404 g/mol.